The quantitative estimate of drug-likeness (QED) is 0.648. The van der Waals surface area contributed by atoms with E-state index in [0.29, 0.717) is 5.75 Å². The van der Waals surface area contributed by atoms with Crippen molar-refractivity contribution >= 4 is 34.1 Å². The molecule has 0 unspecified atom stereocenters. The molecule has 1 amide bonds. The van der Waals surface area contributed by atoms with Crippen molar-refractivity contribution in [2.75, 3.05) is 16.8 Å². The Kier molecular flexibility index (Phi) is 4.47. The largest absolute Gasteiger partial charge is 0.507 e. The number of carbonyl (C=O) groups is 1. The highest BCUT2D eigenvalue weighted by Gasteiger charge is 2.07. The van der Waals surface area contributed by atoms with E-state index >= 15 is 0 Å². The van der Waals surface area contributed by atoms with E-state index in [2.05, 4.69) is 11.9 Å². The van der Waals surface area contributed by atoms with Crippen LogP contribution in [-0.4, -0.2) is 22.5 Å². The molecule has 0 aliphatic heterocycles. The molecular formula is C15H15NO2S. The van der Waals surface area contributed by atoms with Crippen LogP contribution in [0.1, 0.15) is 0 Å². The van der Waals surface area contributed by atoms with Gasteiger partial charge >= 0.3 is 0 Å². The lowest BCUT2D eigenvalue weighted by molar-refractivity contribution is -0.113. The van der Waals surface area contributed by atoms with Crippen molar-refractivity contribution in [2.24, 2.45) is 0 Å². The normalized spacial score (nSPS) is 10.3. The maximum Gasteiger partial charge on any atom is 0.234 e. The molecule has 0 fully saturated rings. The average Bonchev–Trinajstić information content (AvgIpc) is 2.40. The summed E-state index contributed by atoms with van der Waals surface area (Å²) in [6.45, 7) is 3.61. The molecule has 2 N–H and O–H groups in total. The van der Waals surface area contributed by atoms with E-state index in [1.54, 1.807) is 18.2 Å². The Bertz CT molecular complexity index is 610. The first kappa shape index (κ1) is 13.5. The lowest BCUT2D eigenvalue weighted by Crippen LogP contribution is -2.14. The van der Waals surface area contributed by atoms with E-state index in [0.717, 1.165) is 22.2 Å². The van der Waals surface area contributed by atoms with Gasteiger partial charge in [-0.1, -0.05) is 30.3 Å². The molecule has 0 aliphatic rings. The molecule has 2 rings (SSSR count). The van der Waals surface area contributed by atoms with Gasteiger partial charge in [-0.3, -0.25) is 4.79 Å². The minimum Gasteiger partial charge on any atom is -0.507 e. The fourth-order valence-electron chi connectivity index (χ4n) is 1.82. The molecule has 0 saturated carbocycles. The third-order valence-corrected chi connectivity index (χ3v) is 3.58. The summed E-state index contributed by atoms with van der Waals surface area (Å²) in [5.41, 5.74) is 0.720. The molecule has 2 aromatic carbocycles. The smallest absolute Gasteiger partial charge is 0.234 e. The summed E-state index contributed by atoms with van der Waals surface area (Å²) in [6, 6.07) is 10.7. The van der Waals surface area contributed by atoms with Gasteiger partial charge in [-0.2, -0.15) is 0 Å². The van der Waals surface area contributed by atoms with Gasteiger partial charge in [0.05, 0.1) is 5.75 Å². The number of rotatable bonds is 5. The number of fused-ring (bicyclic) bond motifs is 1. The van der Waals surface area contributed by atoms with Crippen molar-refractivity contribution in [1.29, 1.82) is 0 Å². The zero-order valence-corrected chi connectivity index (χ0v) is 11.2. The zero-order valence-electron chi connectivity index (χ0n) is 10.4. The van der Waals surface area contributed by atoms with Gasteiger partial charge in [-0.05, 0) is 12.1 Å². The second kappa shape index (κ2) is 6.29. The van der Waals surface area contributed by atoms with Gasteiger partial charge in [-0.15, -0.1) is 18.3 Å². The summed E-state index contributed by atoms with van der Waals surface area (Å²) in [7, 11) is 0. The molecular weight excluding hydrogens is 258 g/mol. The minimum atomic E-state index is -0.0531. The number of phenols is 1. The Hall–Kier alpha value is -1.94. The van der Waals surface area contributed by atoms with Crippen molar-refractivity contribution in [2.45, 2.75) is 0 Å². The van der Waals surface area contributed by atoms with Crippen molar-refractivity contribution in [3.63, 3.8) is 0 Å². The number of hydrogen-bond acceptors (Lipinski definition) is 3. The van der Waals surface area contributed by atoms with E-state index in [1.807, 2.05) is 24.3 Å². The van der Waals surface area contributed by atoms with Gasteiger partial charge in [-0.25, -0.2) is 0 Å². The Morgan fingerprint density at radius 2 is 2.00 bits per heavy atom. The number of phenolic OH excluding ortho intramolecular Hbond substituents is 1. The first-order valence-corrected chi connectivity index (χ1v) is 7.07. The van der Waals surface area contributed by atoms with Crippen LogP contribution < -0.4 is 5.32 Å². The fraction of sp³-hybridized carbons (Fsp3) is 0.133. The van der Waals surface area contributed by atoms with E-state index < -0.39 is 0 Å². The predicted octanol–water partition coefficient (Wildman–Crippen LogP) is 3.40. The third kappa shape index (κ3) is 3.29. The second-order valence-corrected chi connectivity index (χ2v) is 5.06. The van der Waals surface area contributed by atoms with Gasteiger partial charge < -0.3 is 10.4 Å². The molecule has 0 aliphatic carbocycles. The zero-order chi connectivity index (χ0) is 13.7. The average molecular weight is 273 g/mol. The highest BCUT2D eigenvalue weighted by Crippen LogP contribution is 2.29. The molecule has 0 heterocycles. The van der Waals surface area contributed by atoms with Crippen LogP contribution in [0.5, 0.6) is 5.75 Å². The van der Waals surface area contributed by atoms with Crippen molar-refractivity contribution in [1.82, 2.24) is 0 Å². The van der Waals surface area contributed by atoms with Crippen molar-refractivity contribution in [3.8, 4) is 5.75 Å². The number of thioether (sulfide) groups is 1. The molecule has 0 atom stereocenters. The lowest BCUT2D eigenvalue weighted by atomic mass is 10.1. The Labute approximate surface area is 116 Å². The van der Waals surface area contributed by atoms with Crippen LogP contribution in [0.2, 0.25) is 0 Å². The molecule has 0 bridgehead atoms. The monoisotopic (exact) mass is 273 g/mol. The number of carbonyl (C=O) groups excluding carboxylic acids is 1. The number of aromatic hydroxyl groups is 1. The molecule has 0 aromatic heterocycles. The number of anilines is 1. The highest BCUT2D eigenvalue weighted by molar-refractivity contribution is 8.00. The summed E-state index contributed by atoms with van der Waals surface area (Å²) in [5.74, 6) is 1.31. The molecule has 0 saturated heterocycles. The summed E-state index contributed by atoms with van der Waals surface area (Å²) < 4.78 is 0. The third-order valence-electron chi connectivity index (χ3n) is 2.64. The summed E-state index contributed by atoms with van der Waals surface area (Å²) in [4.78, 5) is 11.8. The molecule has 19 heavy (non-hydrogen) atoms. The first-order valence-electron chi connectivity index (χ1n) is 5.91. The Morgan fingerprint density at radius 1 is 1.26 bits per heavy atom. The highest BCUT2D eigenvalue weighted by atomic mass is 32.2. The second-order valence-electron chi connectivity index (χ2n) is 4.03. The fourth-order valence-corrected chi connectivity index (χ4v) is 2.37. The van der Waals surface area contributed by atoms with Crippen LogP contribution in [0.4, 0.5) is 5.69 Å². The number of benzene rings is 2. The van der Waals surface area contributed by atoms with Crippen molar-refractivity contribution in [3.05, 3.63) is 49.1 Å². The number of hydrogen-bond donors (Lipinski definition) is 2. The first-order chi connectivity index (χ1) is 9.22. The maximum atomic E-state index is 11.8. The van der Waals surface area contributed by atoms with E-state index in [-0.39, 0.29) is 11.7 Å². The lowest BCUT2D eigenvalue weighted by Gasteiger charge is -2.09. The van der Waals surface area contributed by atoms with Crippen LogP contribution in [0.25, 0.3) is 10.8 Å². The van der Waals surface area contributed by atoms with Gasteiger partial charge in [0.15, 0.2) is 0 Å². The summed E-state index contributed by atoms with van der Waals surface area (Å²) in [6.07, 6.45) is 1.77. The summed E-state index contributed by atoms with van der Waals surface area (Å²) in [5, 5.41) is 14.2. The van der Waals surface area contributed by atoms with E-state index in [4.69, 9.17) is 0 Å². The SMILES string of the molecule is C=CCSCC(=O)Nc1cccc2c(O)cccc12. The Balaban J connectivity index is 2.19. The molecule has 0 spiro atoms. The predicted molar refractivity (Wildman–Crippen MR) is 81.8 cm³/mol. The Morgan fingerprint density at radius 3 is 2.79 bits per heavy atom. The van der Waals surface area contributed by atoms with Crippen LogP contribution in [0.15, 0.2) is 49.1 Å². The molecule has 4 heteroatoms. The standard InChI is InChI=1S/C15H15NO2S/c1-2-9-19-10-15(18)16-13-7-3-6-12-11(13)5-4-8-14(12)17/h2-8,17H,1,9-10H2,(H,16,18). The number of amides is 1. The van der Waals surface area contributed by atoms with Gasteiger partial charge in [0, 0.05) is 22.2 Å². The minimum absolute atomic E-state index is 0.0531. The molecule has 0 radical (unpaired) electrons. The van der Waals surface area contributed by atoms with Crippen LogP contribution in [0, 0.1) is 0 Å². The van der Waals surface area contributed by atoms with Crippen LogP contribution in [-0.2, 0) is 4.79 Å². The topological polar surface area (TPSA) is 49.3 Å². The van der Waals surface area contributed by atoms with E-state index in [9.17, 15) is 9.90 Å². The van der Waals surface area contributed by atoms with Crippen LogP contribution in [0.3, 0.4) is 0 Å². The van der Waals surface area contributed by atoms with Crippen LogP contribution >= 0.6 is 11.8 Å². The molecule has 3 nitrogen and oxygen atoms in total. The van der Waals surface area contributed by atoms with Gasteiger partial charge in [0.2, 0.25) is 5.91 Å². The van der Waals surface area contributed by atoms with E-state index in [1.165, 1.54) is 11.8 Å². The maximum absolute atomic E-state index is 11.8. The van der Waals surface area contributed by atoms with Crippen molar-refractivity contribution < 1.29 is 9.90 Å². The molecule has 2 aromatic rings. The van der Waals surface area contributed by atoms with Gasteiger partial charge in [0.25, 0.3) is 0 Å². The summed E-state index contributed by atoms with van der Waals surface area (Å²) >= 11 is 1.51. The number of nitrogens with one attached hydrogen (secondary N) is 1. The molecule has 98 valence electrons. The van der Waals surface area contributed by atoms with Gasteiger partial charge in [0.1, 0.15) is 5.75 Å².